The van der Waals surface area contributed by atoms with E-state index in [1.54, 1.807) is 19.0 Å². The normalized spacial score (nSPS) is 13.1. The van der Waals surface area contributed by atoms with Crippen LogP contribution < -0.4 is 5.73 Å². The summed E-state index contributed by atoms with van der Waals surface area (Å²) in [5.41, 5.74) is 5.69. The smallest absolute Gasteiger partial charge is 0.328 e. The van der Waals surface area contributed by atoms with Crippen molar-refractivity contribution in [2.75, 3.05) is 14.1 Å². The van der Waals surface area contributed by atoms with Gasteiger partial charge >= 0.3 is 5.97 Å². The Balaban J connectivity index is 3.70. The number of aliphatic imine (C=N–C) groups is 1. The van der Waals surface area contributed by atoms with E-state index in [1.807, 2.05) is 0 Å². The Kier molecular flexibility index (Phi) is 12.6. The lowest BCUT2D eigenvalue weighted by Crippen LogP contribution is -2.33. The number of nitrogens with zero attached hydrogens (tertiary/aromatic N) is 2. The zero-order valence-corrected chi connectivity index (χ0v) is 14.7. The maximum Gasteiger partial charge on any atom is 0.328 e. The van der Waals surface area contributed by atoms with Gasteiger partial charge in [-0.2, -0.15) is 0 Å². The Hall–Kier alpha value is -1.26. The Morgan fingerprint density at radius 3 is 1.86 bits per heavy atom. The molecule has 0 amide bonds. The van der Waals surface area contributed by atoms with Crippen LogP contribution in [0.15, 0.2) is 4.99 Å². The van der Waals surface area contributed by atoms with Gasteiger partial charge in [0.15, 0.2) is 12.0 Å². The van der Waals surface area contributed by atoms with Gasteiger partial charge in [-0.05, 0) is 6.42 Å². The summed E-state index contributed by atoms with van der Waals surface area (Å²) in [7, 11) is 3.52. The van der Waals surface area contributed by atoms with Gasteiger partial charge in [-0.3, -0.25) is 0 Å². The van der Waals surface area contributed by atoms with E-state index in [4.69, 9.17) is 10.8 Å². The molecule has 0 aromatic rings. The molecule has 0 fully saturated rings. The van der Waals surface area contributed by atoms with E-state index in [-0.39, 0.29) is 5.96 Å². The molecule has 0 heterocycles. The van der Waals surface area contributed by atoms with E-state index in [9.17, 15) is 4.79 Å². The zero-order valence-electron chi connectivity index (χ0n) is 14.7. The number of carboxylic acids is 1. The molecule has 1 unspecified atom stereocenters. The summed E-state index contributed by atoms with van der Waals surface area (Å²) in [5.74, 6) is -0.611. The first-order chi connectivity index (χ1) is 10.5. The van der Waals surface area contributed by atoms with Crippen LogP contribution in [0.4, 0.5) is 0 Å². The second-order valence-corrected chi connectivity index (χ2v) is 6.21. The third-order valence-electron chi connectivity index (χ3n) is 3.86. The minimum Gasteiger partial charge on any atom is -0.480 e. The van der Waals surface area contributed by atoms with E-state index in [0.29, 0.717) is 6.42 Å². The molecule has 0 aromatic carbocycles. The van der Waals surface area contributed by atoms with Crippen molar-refractivity contribution >= 4 is 11.9 Å². The van der Waals surface area contributed by atoms with Crippen LogP contribution in [0.2, 0.25) is 0 Å². The highest BCUT2D eigenvalue weighted by Gasteiger charge is 2.16. The first kappa shape index (κ1) is 20.7. The second-order valence-electron chi connectivity index (χ2n) is 6.21. The van der Waals surface area contributed by atoms with Gasteiger partial charge in [0.05, 0.1) is 0 Å². The first-order valence-corrected chi connectivity index (χ1v) is 8.72. The molecule has 5 nitrogen and oxygen atoms in total. The largest absolute Gasteiger partial charge is 0.480 e. The van der Waals surface area contributed by atoms with Crippen molar-refractivity contribution < 1.29 is 9.90 Å². The predicted molar refractivity (Wildman–Crippen MR) is 93.2 cm³/mol. The van der Waals surface area contributed by atoms with E-state index in [0.717, 1.165) is 12.8 Å². The number of nitrogens with two attached hydrogens (primary N) is 1. The first-order valence-electron chi connectivity index (χ1n) is 8.72. The minimum absolute atomic E-state index is 0.277. The molecule has 0 rings (SSSR count). The number of rotatable bonds is 13. The summed E-state index contributed by atoms with van der Waals surface area (Å²) in [5, 5.41) is 9.17. The van der Waals surface area contributed by atoms with Gasteiger partial charge in [0, 0.05) is 14.1 Å². The van der Waals surface area contributed by atoms with Crippen molar-refractivity contribution in [3.63, 3.8) is 0 Å². The SMILES string of the molecule is CCCCCCCCCCCCC(N=C(N)N(C)C)C(=O)O. The van der Waals surface area contributed by atoms with E-state index < -0.39 is 12.0 Å². The molecule has 3 N–H and O–H groups in total. The third-order valence-corrected chi connectivity index (χ3v) is 3.86. The molecular formula is C17H35N3O2. The van der Waals surface area contributed by atoms with Crippen LogP contribution in [0, 0.1) is 0 Å². The van der Waals surface area contributed by atoms with Gasteiger partial charge in [0.2, 0.25) is 0 Å². The van der Waals surface area contributed by atoms with Crippen LogP contribution in [-0.4, -0.2) is 42.1 Å². The zero-order chi connectivity index (χ0) is 16.8. The van der Waals surface area contributed by atoms with Crippen LogP contribution in [0.25, 0.3) is 0 Å². The fourth-order valence-electron chi connectivity index (χ4n) is 2.34. The van der Waals surface area contributed by atoms with Crippen LogP contribution >= 0.6 is 0 Å². The molecule has 0 saturated heterocycles. The molecule has 130 valence electrons. The minimum atomic E-state index is -0.888. The van der Waals surface area contributed by atoms with Gasteiger partial charge in [0.1, 0.15) is 0 Å². The molecule has 0 bridgehead atoms. The topological polar surface area (TPSA) is 78.9 Å². The van der Waals surface area contributed by atoms with E-state index >= 15 is 0 Å². The summed E-state index contributed by atoms with van der Waals surface area (Å²) >= 11 is 0. The molecule has 0 aromatic heterocycles. The third kappa shape index (κ3) is 11.4. The standard InChI is InChI=1S/C17H35N3O2/c1-4-5-6-7-8-9-10-11-12-13-14-15(16(21)22)19-17(18)20(2)3/h15H,4-14H2,1-3H3,(H2,18,19)(H,21,22). The number of hydrogen-bond acceptors (Lipinski definition) is 2. The molecule has 0 aliphatic heterocycles. The van der Waals surface area contributed by atoms with Crippen LogP contribution in [0.5, 0.6) is 0 Å². The fraction of sp³-hybridized carbons (Fsp3) is 0.882. The lowest BCUT2D eigenvalue weighted by atomic mass is 10.0. The number of unbranched alkanes of at least 4 members (excludes halogenated alkanes) is 9. The monoisotopic (exact) mass is 313 g/mol. The van der Waals surface area contributed by atoms with Gasteiger partial charge in [0.25, 0.3) is 0 Å². The Morgan fingerprint density at radius 1 is 1.00 bits per heavy atom. The van der Waals surface area contributed by atoms with E-state index in [2.05, 4.69) is 11.9 Å². The second kappa shape index (κ2) is 13.4. The van der Waals surface area contributed by atoms with Crippen LogP contribution in [0.1, 0.15) is 77.6 Å². The predicted octanol–water partition coefficient (Wildman–Crippen LogP) is 3.63. The molecule has 22 heavy (non-hydrogen) atoms. The summed E-state index contributed by atoms with van der Waals surface area (Å²) in [6.07, 6.45) is 13.0. The van der Waals surface area contributed by atoms with Gasteiger partial charge in [-0.25, -0.2) is 9.79 Å². The van der Waals surface area contributed by atoms with Gasteiger partial charge in [-0.1, -0.05) is 71.1 Å². The highest BCUT2D eigenvalue weighted by molar-refractivity contribution is 5.82. The highest BCUT2D eigenvalue weighted by atomic mass is 16.4. The molecule has 0 aliphatic carbocycles. The highest BCUT2D eigenvalue weighted by Crippen LogP contribution is 2.13. The summed E-state index contributed by atoms with van der Waals surface area (Å²) < 4.78 is 0. The number of guanidine groups is 1. The maximum absolute atomic E-state index is 11.2. The molecule has 0 saturated carbocycles. The Morgan fingerprint density at radius 2 is 1.45 bits per heavy atom. The van der Waals surface area contributed by atoms with Crippen molar-refractivity contribution in [3.05, 3.63) is 0 Å². The lowest BCUT2D eigenvalue weighted by molar-refractivity contribution is -0.138. The van der Waals surface area contributed by atoms with Gasteiger partial charge in [-0.15, -0.1) is 0 Å². The van der Waals surface area contributed by atoms with Crippen LogP contribution in [0.3, 0.4) is 0 Å². The molecule has 1 atom stereocenters. The average molecular weight is 313 g/mol. The quantitative estimate of drug-likeness (QED) is 0.309. The Labute approximate surface area is 136 Å². The van der Waals surface area contributed by atoms with E-state index in [1.165, 1.54) is 51.4 Å². The van der Waals surface area contributed by atoms with Gasteiger partial charge < -0.3 is 15.7 Å². The molecule has 0 aliphatic rings. The number of carbonyl (C=O) groups is 1. The molecule has 5 heteroatoms. The average Bonchev–Trinajstić information content (AvgIpc) is 2.47. The summed E-state index contributed by atoms with van der Waals surface area (Å²) in [6, 6.07) is -0.712. The van der Waals surface area contributed by atoms with Crippen molar-refractivity contribution in [2.24, 2.45) is 10.7 Å². The van der Waals surface area contributed by atoms with Crippen molar-refractivity contribution in [1.29, 1.82) is 0 Å². The van der Waals surface area contributed by atoms with Crippen molar-refractivity contribution in [3.8, 4) is 0 Å². The number of hydrogen-bond donors (Lipinski definition) is 2. The van der Waals surface area contributed by atoms with Crippen molar-refractivity contribution in [2.45, 2.75) is 83.6 Å². The van der Waals surface area contributed by atoms with Crippen LogP contribution in [-0.2, 0) is 4.79 Å². The summed E-state index contributed by atoms with van der Waals surface area (Å²) in [6.45, 7) is 2.24. The number of carboxylic acid groups (broad SMARTS) is 1. The number of aliphatic carboxylic acids is 1. The Bertz CT molecular complexity index is 317. The molecule has 0 spiro atoms. The summed E-state index contributed by atoms with van der Waals surface area (Å²) in [4.78, 5) is 16.9. The molecular weight excluding hydrogens is 278 g/mol. The fourth-order valence-corrected chi connectivity index (χ4v) is 2.34. The molecule has 0 radical (unpaired) electrons. The van der Waals surface area contributed by atoms with Crippen molar-refractivity contribution in [1.82, 2.24) is 4.90 Å². The maximum atomic E-state index is 11.2. The lowest BCUT2D eigenvalue weighted by Gasteiger charge is -2.14.